The van der Waals surface area contributed by atoms with E-state index in [9.17, 15) is 14.7 Å². The van der Waals surface area contributed by atoms with Gasteiger partial charge in [0, 0.05) is 16.8 Å². The quantitative estimate of drug-likeness (QED) is 0.822. The van der Waals surface area contributed by atoms with E-state index in [1.807, 2.05) is 0 Å². The lowest BCUT2D eigenvalue weighted by Gasteiger charge is -2.20. The summed E-state index contributed by atoms with van der Waals surface area (Å²) in [7, 11) is 3.03. The molecular formula is C18H17NO5. The lowest BCUT2D eigenvalue weighted by atomic mass is 9.88. The first-order chi connectivity index (χ1) is 11.5. The van der Waals surface area contributed by atoms with Crippen molar-refractivity contribution in [2.75, 3.05) is 19.5 Å². The van der Waals surface area contributed by atoms with Crippen LogP contribution in [0.5, 0.6) is 11.5 Å². The Morgan fingerprint density at radius 3 is 2.33 bits per heavy atom. The van der Waals surface area contributed by atoms with Crippen LogP contribution in [0.2, 0.25) is 0 Å². The summed E-state index contributed by atoms with van der Waals surface area (Å²) in [5.41, 5.74) is -0.700. The molecule has 1 aliphatic heterocycles. The molecule has 3 rings (SSSR count). The van der Waals surface area contributed by atoms with Gasteiger partial charge >= 0.3 is 0 Å². The van der Waals surface area contributed by atoms with Gasteiger partial charge in [-0.25, -0.2) is 0 Å². The molecule has 0 radical (unpaired) electrons. The first-order valence-corrected chi connectivity index (χ1v) is 7.37. The van der Waals surface area contributed by atoms with Crippen molar-refractivity contribution in [1.29, 1.82) is 0 Å². The number of nitrogens with one attached hydrogen (secondary N) is 1. The maximum Gasteiger partial charge on any atom is 0.261 e. The van der Waals surface area contributed by atoms with E-state index < -0.39 is 11.5 Å². The minimum Gasteiger partial charge on any atom is -0.497 e. The standard InChI is InChI=1S/C18H17NO5/c1-23-12-5-3-11(4-6-12)16(20)10-18(22)14-9-13(24-2)7-8-15(14)19-17(18)21/h3-9,22H,10H2,1-2H3,(H,19,21). The number of methoxy groups -OCH3 is 2. The number of hydrogen-bond acceptors (Lipinski definition) is 5. The van der Waals surface area contributed by atoms with Gasteiger partial charge in [-0.15, -0.1) is 0 Å². The van der Waals surface area contributed by atoms with E-state index in [0.717, 1.165) is 0 Å². The predicted octanol–water partition coefficient (Wildman–Crippen LogP) is 2.12. The molecule has 0 saturated carbocycles. The van der Waals surface area contributed by atoms with Gasteiger partial charge in [0.1, 0.15) is 11.5 Å². The monoisotopic (exact) mass is 327 g/mol. The highest BCUT2D eigenvalue weighted by molar-refractivity contribution is 6.09. The van der Waals surface area contributed by atoms with Crippen LogP contribution in [0.15, 0.2) is 42.5 Å². The minimum atomic E-state index is -1.92. The van der Waals surface area contributed by atoms with E-state index in [1.54, 1.807) is 42.5 Å². The van der Waals surface area contributed by atoms with Crippen LogP contribution < -0.4 is 14.8 Å². The number of ether oxygens (including phenoxy) is 2. The third-order valence-electron chi connectivity index (χ3n) is 4.12. The van der Waals surface area contributed by atoms with Crippen LogP contribution in [-0.4, -0.2) is 31.0 Å². The fraction of sp³-hybridized carbons (Fsp3) is 0.222. The Morgan fingerprint density at radius 1 is 1.08 bits per heavy atom. The zero-order valence-corrected chi connectivity index (χ0v) is 13.3. The number of hydrogen-bond donors (Lipinski definition) is 2. The number of carbonyl (C=O) groups excluding carboxylic acids is 2. The molecule has 0 aromatic heterocycles. The first kappa shape index (κ1) is 16.0. The van der Waals surface area contributed by atoms with Gasteiger partial charge in [0.25, 0.3) is 5.91 Å². The molecule has 2 aromatic carbocycles. The number of amides is 1. The van der Waals surface area contributed by atoms with Gasteiger partial charge in [-0.3, -0.25) is 9.59 Å². The van der Waals surface area contributed by atoms with E-state index in [-0.39, 0.29) is 12.2 Å². The van der Waals surface area contributed by atoms with Gasteiger partial charge in [0.2, 0.25) is 0 Å². The molecule has 0 saturated heterocycles. The largest absolute Gasteiger partial charge is 0.497 e. The molecule has 2 aromatic rings. The zero-order valence-electron chi connectivity index (χ0n) is 13.3. The molecule has 0 spiro atoms. The molecule has 0 bridgehead atoms. The molecule has 24 heavy (non-hydrogen) atoms. The number of benzene rings is 2. The van der Waals surface area contributed by atoms with Crippen molar-refractivity contribution in [3.8, 4) is 11.5 Å². The summed E-state index contributed by atoms with van der Waals surface area (Å²) in [4.78, 5) is 24.7. The van der Waals surface area contributed by atoms with Crippen LogP contribution in [0.3, 0.4) is 0 Å². The minimum absolute atomic E-state index is 0.341. The maximum absolute atomic E-state index is 12.5. The molecule has 1 heterocycles. The molecule has 6 heteroatoms. The fourth-order valence-electron chi connectivity index (χ4n) is 2.74. The number of anilines is 1. The number of ketones is 1. The SMILES string of the molecule is COc1ccc(C(=O)CC2(O)C(=O)Nc3ccc(OC)cc32)cc1. The number of fused-ring (bicyclic) bond motifs is 1. The lowest BCUT2D eigenvalue weighted by molar-refractivity contribution is -0.133. The zero-order chi connectivity index (χ0) is 17.3. The maximum atomic E-state index is 12.5. The normalized spacial score (nSPS) is 18.7. The average molecular weight is 327 g/mol. The van der Waals surface area contributed by atoms with E-state index >= 15 is 0 Å². The number of aliphatic hydroxyl groups is 1. The van der Waals surface area contributed by atoms with Crippen LogP contribution in [0.1, 0.15) is 22.3 Å². The van der Waals surface area contributed by atoms with Crippen molar-refractivity contribution < 1.29 is 24.2 Å². The third-order valence-corrected chi connectivity index (χ3v) is 4.12. The van der Waals surface area contributed by atoms with E-state index in [2.05, 4.69) is 5.32 Å². The highest BCUT2D eigenvalue weighted by Crippen LogP contribution is 2.40. The Labute approximate surface area is 139 Å². The lowest BCUT2D eigenvalue weighted by Crippen LogP contribution is -2.36. The van der Waals surface area contributed by atoms with Crippen LogP contribution in [0.25, 0.3) is 0 Å². The summed E-state index contributed by atoms with van der Waals surface area (Å²) in [5.74, 6) is 0.165. The van der Waals surface area contributed by atoms with Crippen molar-refractivity contribution in [2.24, 2.45) is 0 Å². The second-order valence-electron chi connectivity index (χ2n) is 5.55. The summed E-state index contributed by atoms with van der Waals surface area (Å²) in [6.07, 6.45) is -0.356. The number of Topliss-reactive ketones (excluding diaryl/α,β-unsaturated/α-hetero) is 1. The van der Waals surface area contributed by atoms with Crippen molar-refractivity contribution in [3.05, 3.63) is 53.6 Å². The van der Waals surface area contributed by atoms with Crippen molar-refractivity contribution in [2.45, 2.75) is 12.0 Å². The molecule has 0 aliphatic carbocycles. The van der Waals surface area contributed by atoms with E-state index in [1.165, 1.54) is 14.2 Å². The second-order valence-corrected chi connectivity index (χ2v) is 5.55. The van der Waals surface area contributed by atoms with Crippen LogP contribution in [0.4, 0.5) is 5.69 Å². The Balaban J connectivity index is 1.91. The van der Waals surface area contributed by atoms with Gasteiger partial charge in [-0.05, 0) is 42.5 Å². The molecule has 124 valence electrons. The molecule has 1 atom stereocenters. The third kappa shape index (κ3) is 2.61. The van der Waals surface area contributed by atoms with Crippen LogP contribution in [0, 0.1) is 0 Å². The van der Waals surface area contributed by atoms with Gasteiger partial charge in [0.05, 0.1) is 20.6 Å². The summed E-state index contributed by atoms with van der Waals surface area (Å²) in [6, 6.07) is 11.4. The topological polar surface area (TPSA) is 84.9 Å². The fourth-order valence-corrected chi connectivity index (χ4v) is 2.74. The van der Waals surface area contributed by atoms with Gasteiger partial charge in [-0.1, -0.05) is 0 Å². The molecule has 6 nitrogen and oxygen atoms in total. The highest BCUT2D eigenvalue weighted by Gasteiger charge is 2.47. The summed E-state index contributed by atoms with van der Waals surface area (Å²) in [5, 5.41) is 13.4. The molecule has 1 aliphatic rings. The average Bonchev–Trinajstić information content (AvgIpc) is 2.85. The molecule has 0 fully saturated rings. The molecular weight excluding hydrogens is 310 g/mol. The Bertz CT molecular complexity index is 800. The molecule has 2 N–H and O–H groups in total. The number of rotatable bonds is 5. The number of carbonyl (C=O) groups is 2. The molecule has 1 amide bonds. The second kappa shape index (κ2) is 5.98. The van der Waals surface area contributed by atoms with Crippen molar-refractivity contribution in [3.63, 3.8) is 0 Å². The Morgan fingerprint density at radius 2 is 1.71 bits per heavy atom. The van der Waals surface area contributed by atoms with Crippen molar-refractivity contribution >= 4 is 17.4 Å². The van der Waals surface area contributed by atoms with Crippen LogP contribution in [-0.2, 0) is 10.4 Å². The summed E-state index contributed by atoms with van der Waals surface area (Å²) in [6.45, 7) is 0. The predicted molar refractivity (Wildman–Crippen MR) is 87.5 cm³/mol. The first-order valence-electron chi connectivity index (χ1n) is 7.37. The molecule has 1 unspecified atom stereocenters. The van der Waals surface area contributed by atoms with Gasteiger partial charge in [-0.2, -0.15) is 0 Å². The van der Waals surface area contributed by atoms with E-state index in [4.69, 9.17) is 9.47 Å². The van der Waals surface area contributed by atoms with Gasteiger partial charge in [0.15, 0.2) is 11.4 Å². The highest BCUT2D eigenvalue weighted by atomic mass is 16.5. The van der Waals surface area contributed by atoms with Gasteiger partial charge < -0.3 is 19.9 Å². The van der Waals surface area contributed by atoms with E-state index in [0.29, 0.717) is 28.3 Å². The Kier molecular flexibility index (Phi) is 3.99. The Hall–Kier alpha value is -2.86. The smallest absolute Gasteiger partial charge is 0.261 e. The summed E-state index contributed by atoms with van der Waals surface area (Å²) < 4.78 is 10.2. The van der Waals surface area contributed by atoms with Crippen LogP contribution >= 0.6 is 0 Å². The van der Waals surface area contributed by atoms with Crippen molar-refractivity contribution in [1.82, 2.24) is 0 Å². The summed E-state index contributed by atoms with van der Waals surface area (Å²) >= 11 is 0.